The van der Waals surface area contributed by atoms with Crippen LogP contribution >= 0.6 is 11.8 Å². The van der Waals surface area contributed by atoms with Gasteiger partial charge in [-0.2, -0.15) is 0 Å². The summed E-state index contributed by atoms with van der Waals surface area (Å²) in [6.07, 6.45) is 3.69. The van der Waals surface area contributed by atoms with E-state index in [4.69, 9.17) is 5.11 Å². The molecule has 0 amide bonds. The number of carboxylic acids is 1. The Kier molecular flexibility index (Phi) is 2.59. The number of nitrogens with zero attached hydrogens (tertiary/aromatic N) is 1. The van der Waals surface area contributed by atoms with Gasteiger partial charge >= 0.3 is 5.97 Å². The van der Waals surface area contributed by atoms with Gasteiger partial charge in [0.1, 0.15) is 6.54 Å². The Balaban J connectivity index is 2.76. The van der Waals surface area contributed by atoms with E-state index in [1.165, 1.54) is 0 Å². The minimum atomic E-state index is -0.809. The molecule has 0 saturated carbocycles. The maximum atomic E-state index is 10.3. The van der Waals surface area contributed by atoms with Gasteiger partial charge in [-0.15, -0.1) is 11.8 Å². The smallest absolute Gasteiger partial charge is 0.323 e. The number of aromatic nitrogens is 1. The molecule has 0 spiro atoms. The normalized spacial score (nSPS) is 9.91. The highest BCUT2D eigenvalue weighted by molar-refractivity contribution is 7.98. The number of rotatable bonds is 3. The van der Waals surface area contributed by atoms with E-state index >= 15 is 0 Å². The lowest BCUT2D eigenvalue weighted by molar-refractivity contribution is -0.137. The van der Waals surface area contributed by atoms with Crippen LogP contribution in [0.15, 0.2) is 23.4 Å². The second-order valence-electron chi connectivity index (χ2n) is 2.07. The van der Waals surface area contributed by atoms with Crippen molar-refractivity contribution in [2.75, 3.05) is 6.26 Å². The van der Waals surface area contributed by atoms with Gasteiger partial charge in [-0.25, -0.2) is 0 Å². The summed E-state index contributed by atoms with van der Waals surface area (Å²) >= 11 is 1.54. The summed E-state index contributed by atoms with van der Waals surface area (Å²) in [7, 11) is 0. The van der Waals surface area contributed by atoms with Gasteiger partial charge in [-0.05, 0) is 18.4 Å². The second kappa shape index (κ2) is 3.48. The van der Waals surface area contributed by atoms with Crippen LogP contribution in [0.3, 0.4) is 0 Å². The van der Waals surface area contributed by atoms with Gasteiger partial charge in [0, 0.05) is 6.20 Å². The maximum Gasteiger partial charge on any atom is 0.323 e. The van der Waals surface area contributed by atoms with Crippen LogP contribution < -0.4 is 0 Å². The molecular weight excluding hydrogens is 162 g/mol. The van der Waals surface area contributed by atoms with Gasteiger partial charge in [-0.1, -0.05) is 0 Å². The lowest BCUT2D eigenvalue weighted by Gasteiger charge is -2.01. The quantitative estimate of drug-likeness (QED) is 0.697. The number of hydrogen-bond acceptors (Lipinski definition) is 2. The van der Waals surface area contributed by atoms with E-state index in [0.29, 0.717) is 0 Å². The zero-order chi connectivity index (χ0) is 8.27. The van der Waals surface area contributed by atoms with Crippen LogP contribution in [0.4, 0.5) is 0 Å². The SMILES string of the molecule is CSc1cccn1CC(=O)O. The third-order valence-electron chi connectivity index (χ3n) is 1.30. The van der Waals surface area contributed by atoms with Crippen molar-refractivity contribution in [1.29, 1.82) is 0 Å². The highest BCUT2D eigenvalue weighted by atomic mass is 32.2. The van der Waals surface area contributed by atoms with Crippen LogP contribution in [0.2, 0.25) is 0 Å². The second-order valence-corrected chi connectivity index (χ2v) is 2.90. The molecule has 1 heterocycles. The molecule has 0 atom stereocenters. The molecule has 0 fully saturated rings. The van der Waals surface area contributed by atoms with Crippen LogP contribution in [0.25, 0.3) is 0 Å². The number of hydrogen-bond donors (Lipinski definition) is 1. The highest BCUT2D eigenvalue weighted by Gasteiger charge is 2.02. The number of carbonyl (C=O) groups is 1. The van der Waals surface area contributed by atoms with Crippen molar-refractivity contribution in [3.05, 3.63) is 18.3 Å². The fourth-order valence-corrected chi connectivity index (χ4v) is 1.43. The first-order valence-electron chi connectivity index (χ1n) is 3.15. The average Bonchev–Trinajstić information content (AvgIpc) is 2.34. The minimum Gasteiger partial charge on any atom is -0.480 e. The van der Waals surface area contributed by atoms with E-state index in [-0.39, 0.29) is 6.54 Å². The summed E-state index contributed by atoms with van der Waals surface area (Å²) in [6, 6.07) is 3.74. The topological polar surface area (TPSA) is 42.2 Å². The third kappa shape index (κ3) is 2.01. The largest absolute Gasteiger partial charge is 0.480 e. The highest BCUT2D eigenvalue weighted by Crippen LogP contribution is 2.14. The average molecular weight is 171 g/mol. The Hall–Kier alpha value is -0.900. The van der Waals surface area contributed by atoms with Crippen LogP contribution in [0, 0.1) is 0 Å². The van der Waals surface area contributed by atoms with Gasteiger partial charge in [0.15, 0.2) is 0 Å². The molecule has 1 aromatic heterocycles. The Morgan fingerprint density at radius 3 is 3.09 bits per heavy atom. The molecule has 0 aromatic carbocycles. The van der Waals surface area contributed by atoms with Gasteiger partial charge < -0.3 is 9.67 Å². The summed E-state index contributed by atoms with van der Waals surface area (Å²) in [5.41, 5.74) is 0. The van der Waals surface area contributed by atoms with Crippen molar-refractivity contribution in [2.45, 2.75) is 11.6 Å². The van der Waals surface area contributed by atoms with Gasteiger partial charge in [0.05, 0.1) is 5.03 Å². The maximum absolute atomic E-state index is 10.3. The third-order valence-corrected chi connectivity index (χ3v) is 2.09. The molecule has 1 N–H and O–H groups in total. The van der Waals surface area contributed by atoms with Crippen molar-refractivity contribution in [3.8, 4) is 0 Å². The summed E-state index contributed by atoms with van der Waals surface area (Å²) in [5, 5.41) is 9.45. The van der Waals surface area contributed by atoms with Crippen molar-refractivity contribution >= 4 is 17.7 Å². The predicted octanol–water partition coefficient (Wildman–Crippen LogP) is 1.29. The van der Waals surface area contributed by atoms with Gasteiger partial charge in [0.2, 0.25) is 0 Å². The molecule has 1 aromatic rings. The van der Waals surface area contributed by atoms with E-state index in [1.54, 1.807) is 22.5 Å². The van der Waals surface area contributed by atoms with Crippen molar-refractivity contribution in [3.63, 3.8) is 0 Å². The van der Waals surface area contributed by atoms with Crippen molar-refractivity contribution < 1.29 is 9.90 Å². The first kappa shape index (κ1) is 8.20. The molecule has 11 heavy (non-hydrogen) atoms. The fraction of sp³-hybridized carbons (Fsp3) is 0.286. The van der Waals surface area contributed by atoms with E-state index < -0.39 is 5.97 Å². The van der Waals surface area contributed by atoms with E-state index in [9.17, 15) is 4.79 Å². The number of aliphatic carboxylic acids is 1. The summed E-state index contributed by atoms with van der Waals surface area (Å²) < 4.78 is 1.70. The zero-order valence-corrected chi connectivity index (χ0v) is 6.97. The first-order chi connectivity index (χ1) is 5.24. The zero-order valence-electron chi connectivity index (χ0n) is 6.15. The van der Waals surface area contributed by atoms with E-state index in [2.05, 4.69) is 0 Å². The lowest BCUT2D eigenvalue weighted by Crippen LogP contribution is -2.07. The molecule has 0 unspecified atom stereocenters. The molecule has 1 rings (SSSR count). The number of thioether (sulfide) groups is 1. The molecule has 0 aliphatic heterocycles. The molecule has 0 aliphatic carbocycles. The summed E-state index contributed by atoms with van der Waals surface area (Å²) in [5.74, 6) is -0.809. The van der Waals surface area contributed by atoms with Gasteiger partial charge in [0.25, 0.3) is 0 Å². The molecule has 3 nitrogen and oxygen atoms in total. The predicted molar refractivity (Wildman–Crippen MR) is 43.8 cm³/mol. The summed E-state index contributed by atoms with van der Waals surface area (Å²) in [4.78, 5) is 10.3. The molecule has 0 aliphatic rings. The lowest BCUT2D eigenvalue weighted by atomic mass is 10.6. The minimum absolute atomic E-state index is 0.0448. The van der Waals surface area contributed by atoms with Gasteiger partial charge in [-0.3, -0.25) is 4.79 Å². The Labute approximate surface area is 69.0 Å². The Morgan fingerprint density at radius 2 is 2.55 bits per heavy atom. The summed E-state index contributed by atoms with van der Waals surface area (Å²) in [6.45, 7) is 0.0448. The molecule has 0 saturated heterocycles. The van der Waals surface area contributed by atoms with Crippen LogP contribution in [-0.4, -0.2) is 21.9 Å². The monoisotopic (exact) mass is 171 g/mol. The Bertz CT molecular complexity index is 257. The Morgan fingerprint density at radius 1 is 1.82 bits per heavy atom. The van der Waals surface area contributed by atoms with E-state index in [0.717, 1.165) is 5.03 Å². The van der Waals surface area contributed by atoms with Crippen LogP contribution in [-0.2, 0) is 11.3 Å². The molecule has 0 bridgehead atoms. The van der Waals surface area contributed by atoms with E-state index in [1.807, 2.05) is 18.4 Å². The first-order valence-corrected chi connectivity index (χ1v) is 4.37. The fourth-order valence-electron chi connectivity index (χ4n) is 0.860. The molecule has 4 heteroatoms. The molecular formula is C7H9NO2S. The number of carboxylic acid groups (broad SMARTS) is 1. The van der Waals surface area contributed by atoms with Crippen molar-refractivity contribution in [1.82, 2.24) is 4.57 Å². The van der Waals surface area contributed by atoms with Crippen molar-refractivity contribution in [2.24, 2.45) is 0 Å². The standard InChI is InChI=1S/C7H9NO2S/c1-11-6-3-2-4-8(6)5-7(9)10/h2-4H,5H2,1H3,(H,9,10). The van der Waals surface area contributed by atoms with Crippen LogP contribution in [0.5, 0.6) is 0 Å². The molecule has 0 radical (unpaired) electrons. The van der Waals surface area contributed by atoms with Crippen LogP contribution in [0.1, 0.15) is 0 Å². The molecule has 60 valence electrons.